The Balaban J connectivity index is 1.36. The van der Waals surface area contributed by atoms with Gasteiger partial charge in [0.25, 0.3) is 0 Å². The second-order valence-electron chi connectivity index (χ2n) is 11.3. The predicted molar refractivity (Wildman–Crippen MR) is 190 cm³/mol. The Hall–Kier alpha value is -2.89. The van der Waals surface area contributed by atoms with E-state index in [4.69, 9.17) is 59.1 Å². The molecule has 0 bridgehead atoms. The number of hydrogen-bond donors (Lipinski definition) is 1. The molecule has 1 aliphatic heterocycles. The molecule has 8 nitrogen and oxygen atoms in total. The number of ether oxygens (including phenoxy) is 3. The molecular weight excluding hydrogens is 747 g/mol. The highest BCUT2D eigenvalue weighted by molar-refractivity contribution is 9.10. The number of nitrogens with zero attached hydrogens (tertiary/aromatic N) is 3. The van der Waals surface area contributed by atoms with Crippen molar-refractivity contribution in [2.45, 2.75) is 68.7 Å². The Labute approximate surface area is 301 Å². The Morgan fingerprint density at radius 1 is 1.04 bits per heavy atom. The van der Waals surface area contributed by atoms with Crippen molar-refractivity contribution in [3.63, 3.8) is 0 Å². The molecule has 1 fully saturated rings. The summed E-state index contributed by atoms with van der Waals surface area (Å²) in [6.45, 7) is 1.98. The van der Waals surface area contributed by atoms with Crippen molar-refractivity contribution >= 4 is 74.4 Å². The van der Waals surface area contributed by atoms with Crippen LogP contribution in [0.2, 0.25) is 15.1 Å². The van der Waals surface area contributed by atoms with E-state index in [1.54, 1.807) is 30.0 Å². The number of halogens is 4. The lowest BCUT2D eigenvalue weighted by Crippen LogP contribution is -2.32. The van der Waals surface area contributed by atoms with Gasteiger partial charge in [-0.2, -0.15) is 4.98 Å². The van der Waals surface area contributed by atoms with Crippen LogP contribution in [0.25, 0.3) is 0 Å². The fraction of sp³-hybridized carbons (Fsp3) is 0.324. The predicted octanol–water partition coefficient (Wildman–Crippen LogP) is 10.0. The van der Waals surface area contributed by atoms with E-state index in [-0.39, 0.29) is 18.7 Å². The lowest BCUT2D eigenvalue weighted by Gasteiger charge is -2.30. The molecule has 1 saturated carbocycles. The summed E-state index contributed by atoms with van der Waals surface area (Å²) in [5.41, 5.74) is 3.45. The third-order valence-electron chi connectivity index (χ3n) is 8.18. The average molecular weight is 779 g/mol. The molecule has 3 aromatic carbocycles. The summed E-state index contributed by atoms with van der Waals surface area (Å²) in [7, 11) is 1.56. The molecule has 1 aromatic heterocycles. The van der Waals surface area contributed by atoms with Crippen LogP contribution in [-0.4, -0.2) is 33.9 Å². The van der Waals surface area contributed by atoms with Gasteiger partial charge in [0.2, 0.25) is 11.1 Å². The van der Waals surface area contributed by atoms with Crippen LogP contribution in [-0.2, 0) is 21.9 Å². The molecule has 2 aliphatic rings. The standard InChI is InChI=1S/C34H32BrCl3N4O4S/c1-19-29(32(43)46-22-10-4-3-5-11-22)30(42-33(39-19)40-34(41-42)47-18-20-9-6-7-12-25(20)36)21-15-24(35)31(28(16-21)44-2)45-17-23-26(37)13-8-14-27(23)38/h6-9,12-16,22,30H,3-5,10-11,17-18H2,1-2H3,(H,39,40,41). The third kappa shape index (κ3) is 7.57. The van der Waals surface area contributed by atoms with Crippen molar-refractivity contribution in [2.24, 2.45) is 0 Å². The number of anilines is 1. The topological polar surface area (TPSA) is 87.5 Å². The Bertz CT molecular complexity index is 1810. The summed E-state index contributed by atoms with van der Waals surface area (Å²) in [4.78, 5) is 18.7. The normalized spacial score (nSPS) is 16.4. The minimum atomic E-state index is -0.665. The molecule has 0 radical (unpaired) electrons. The maximum atomic E-state index is 14.0. The largest absolute Gasteiger partial charge is 0.493 e. The molecule has 0 spiro atoms. The van der Waals surface area contributed by atoms with E-state index in [0.29, 0.717) is 64.7 Å². The number of carbonyl (C=O) groups excluding carboxylic acids is 1. The summed E-state index contributed by atoms with van der Waals surface area (Å²) in [5, 5.41) is 10.4. The molecule has 4 aromatic rings. The van der Waals surface area contributed by atoms with Gasteiger partial charge in [-0.25, -0.2) is 9.48 Å². The van der Waals surface area contributed by atoms with Gasteiger partial charge in [-0.15, -0.1) is 5.10 Å². The maximum Gasteiger partial charge on any atom is 0.338 e. The van der Waals surface area contributed by atoms with Crippen molar-refractivity contribution in [1.82, 2.24) is 14.8 Å². The van der Waals surface area contributed by atoms with Crippen molar-refractivity contribution in [1.29, 1.82) is 0 Å². The van der Waals surface area contributed by atoms with Gasteiger partial charge < -0.3 is 19.5 Å². The van der Waals surface area contributed by atoms with Crippen LogP contribution in [0.15, 0.2) is 75.5 Å². The average Bonchev–Trinajstić information content (AvgIpc) is 3.46. The molecule has 13 heteroatoms. The van der Waals surface area contributed by atoms with Gasteiger partial charge in [0, 0.05) is 32.1 Å². The fourth-order valence-corrected chi connectivity index (χ4v) is 7.97. The Kier molecular flexibility index (Phi) is 10.9. The quantitative estimate of drug-likeness (QED) is 0.126. The van der Waals surface area contributed by atoms with Gasteiger partial charge in [-0.3, -0.25) is 0 Å². The van der Waals surface area contributed by atoms with Crippen molar-refractivity contribution in [2.75, 3.05) is 12.4 Å². The number of esters is 1. The molecule has 1 unspecified atom stereocenters. The monoisotopic (exact) mass is 776 g/mol. The number of rotatable bonds is 10. The van der Waals surface area contributed by atoms with Crippen molar-refractivity contribution in [3.8, 4) is 11.5 Å². The summed E-state index contributed by atoms with van der Waals surface area (Å²) in [5.74, 6) is 1.61. The lowest BCUT2D eigenvalue weighted by atomic mass is 9.94. The number of fused-ring (bicyclic) bond motifs is 1. The zero-order chi connectivity index (χ0) is 33.1. The second kappa shape index (κ2) is 15.1. The van der Waals surface area contributed by atoms with Crippen LogP contribution in [0.3, 0.4) is 0 Å². The number of benzene rings is 3. The highest BCUT2D eigenvalue weighted by atomic mass is 79.9. The van der Waals surface area contributed by atoms with E-state index in [2.05, 4.69) is 21.2 Å². The van der Waals surface area contributed by atoms with Crippen LogP contribution in [0.5, 0.6) is 11.5 Å². The van der Waals surface area contributed by atoms with Gasteiger partial charge in [0.05, 0.1) is 17.2 Å². The first-order valence-corrected chi connectivity index (χ1v) is 18.1. The molecular formula is C34H32BrCl3N4O4S. The molecule has 1 N–H and O–H groups in total. The number of carbonyl (C=O) groups is 1. The number of hydrogen-bond acceptors (Lipinski definition) is 8. The van der Waals surface area contributed by atoms with Crippen molar-refractivity contribution in [3.05, 3.63) is 102 Å². The van der Waals surface area contributed by atoms with Gasteiger partial charge in [-0.05, 0) is 90.0 Å². The summed E-state index contributed by atoms with van der Waals surface area (Å²) < 4.78 is 20.5. The van der Waals surface area contributed by atoms with E-state index in [9.17, 15) is 4.79 Å². The van der Waals surface area contributed by atoms with E-state index < -0.39 is 6.04 Å². The molecule has 47 heavy (non-hydrogen) atoms. The number of thioether (sulfide) groups is 1. The zero-order valence-corrected chi connectivity index (χ0v) is 30.4. The first-order valence-electron chi connectivity index (χ1n) is 15.2. The SMILES string of the molecule is COc1cc(C2C(C(=O)OC3CCCCC3)=C(C)Nc3nc(SCc4ccccc4Cl)nn32)cc(Br)c1OCc1c(Cl)cccc1Cl. The van der Waals surface area contributed by atoms with Gasteiger partial charge in [0.1, 0.15) is 18.8 Å². The third-order valence-corrected chi connectivity index (χ3v) is 10.7. The highest BCUT2D eigenvalue weighted by Gasteiger charge is 2.37. The molecule has 1 atom stereocenters. The molecule has 0 saturated heterocycles. The summed E-state index contributed by atoms with van der Waals surface area (Å²) >= 11 is 24.3. The van der Waals surface area contributed by atoms with Crippen LogP contribution in [0.4, 0.5) is 5.95 Å². The fourth-order valence-electron chi connectivity index (χ4n) is 5.77. The van der Waals surface area contributed by atoms with Crippen LogP contribution >= 0.6 is 62.5 Å². The zero-order valence-electron chi connectivity index (χ0n) is 25.7. The van der Waals surface area contributed by atoms with Gasteiger partial charge in [0.15, 0.2) is 11.5 Å². The number of aromatic nitrogens is 3. The van der Waals surface area contributed by atoms with Crippen LogP contribution < -0.4 is 14.8 Å². The summed E-state index contributed by atoms with van der Waals surface area (Å²) in [6.07, 6.45) is 4.83. The molecule has 6 rings (SSSR count). The second-order valence-corrected chi connectivity index (χ2v) is 14.3. The van der Waals surface area contributed by atoms with E-state index >= 15 is 0 Å². The maximum absolute atomic E-state index is 14.0. The minimum Gasteiger partial charge on any atom is -0.493 e. The number of allylic oxidation sites excluding steroid dienone is 1. The first kappa shape index (κ1) is 34.0. The smallest absolute Gasteiger partial charge is 0.338 e. The van der Waals surface area contributed by atoms with Gasteiger partial charge >= 0.3 is 5.97 Å². The van der Waals surface area contributed by atoms with Crippen LogP contribution in [0, 0.1) is 0 Å². The summed E-state index contributed by atoms with van der Waals surface area (Å²) in [6, 6.07) is 16.1. The highest BCUT2D eigenvalue weighted by Crippen LogP contribution is 2.44. The molecule has 0 amide bonds. The lowest BCUT2D eigenvalue weighted by molar-refractivity contribution is -0.146. The van der Waals surface area contributed by atoms with E-state index in [1.165, 1.54) is 11.8 Å². The van der Waals surface area contributed by atoms with E-state index in [0.717, 1.165) is 43.2 Å². The molecule has 1 aliphatic carbocycles. The number of nitrogens with one attached hydrogen (secondary N) is 1. The molecule has 246 valence electrons. The van der Waals surface area contributed by atoms with Crippen LogP contribution in [0.1, 0.15) is 61.8 Å². The Morgan fingerprint density at radius 2 is 1.77 bits per heavy atom. The van der Waals surface area contributed by atoms with E-state index in [1.807, 2.05) is 43.3 Å². The van der Waals surface area contributed by atoms with Crippen molar-refractivity contribution < 1.29 is 19.0 Å². The minimum absolute atomic E-state index is 0.121. The number of methoxy groups -OCH3 is 1. The molecule has 2 heterocycles. The van der Waals surface area contributed by atoms with Gasteiger partial charge in [-0.1, -0.05) is 77.3 Å². The Morgan fingerprint density at radius 3 is 2.49 bits per heavy atom. The first-order chi connectivity index (χ1) is 22.7.